The maximum atomic E-state index is 10.2. The van der Waals surface area contributed by atoms with E-state index in [4.69, 9.17) is 16.5 Å². The highest BCUT2D eigenvalue weighted by Crippen LogP contribution is 2.39. The van der Waals surface area contributed by atoms with Gasteiger partial charge in [0, 0.05) is 22.8 Å². The fraction of sp³-hybridized carbons (Fsp3) is 0.143. The molecule has 0 saturated carbocycles. The number of hydrogen-bond acceptors (Lipinski definition) is 5. The predicted molar refractivity (Wildman–Crippen MR) is 166 cm³/mol. The second-order valence-corrected chi connectivity index (χ2v) is 10.4. The lowest BCUT2D eigenvalue weighted by molar-refractivity contribution is 0.512. The number of anilines is 3. The van der Waals surface area contributed by atoms with Crippen LogP contribution in [0.5, 0.6) is 0 Å². The third-order valence-corrected chi connectivity index (χ3v) is 7.76. The highest BCUT2D eigenvalue weighted by atomic mass is 14.9. The number of nitrogens with zero attached hydrogens (tertiary/aromatic N) is 2. The molecule has 0 aliphatic heterocycles. The van der Waals surface area contributed by atoms with Crippen molar-refractivity contribution in [1.82, 2.24) is 0 Å². The zero-order valence-corrected chi connectivity index (χ0v) is 22.3. The Balaban J connectivity index is 1.22. The molecule has 0 fully saturated rings. The van der Waals surface area contributed by atoms with Gasteiger partial charge in [0.05, 0.1) is 17.0 Å². The Kier molecular flexibility index (Phi) is 6.91. The normalized spacial score (nSPS) is 17.6. The lowest BCUT2D eigenvalue weighted by Crippen LogP contribution is -2.22. The SMILES string of the molecule is N#CC1=C2C=C(Nc3ccc(-c4ccc(N)cc4)cc3)CCC2CC/C1=N\c1ccc(-c2ccc(N)cc2)cc1. The third kappa shape index (κ3) is 5.39. The van der Waals surface area contributed by atoms with Crippen LogP contribution in [-0.2, 0) is 0 Å². The van der Waals surface area contributed by atoms with Crippen LogP contribution in [0.3, 0.4) is 0 Å². The molecule has 0 spiro atoms. The Hall–Kier alpha value is -5.08. The van der Waals surface area contributed by atoms with Crippen LogP contribution in [0, 0.1) is 17.2 Å². The minimum atomic E-state index is 0.403. The molecular weight excluding hydrogens is 490 g/mol. The minimum absolute atomic E-state index is 0.403. The average molecular weight is 522 g/mol. The molecule has 40 heavy (non-hydrogen) atoms. The summed E-state index contributed by atoms with van der Waals surface area (Å²) in [5.41, 5.74) is 23.4. The Morgan fingerprint density at radius 3 is 1.73 bits per heavy atom. The van der Waals surface area contributed by atoms with Crippen LogP contribution < -0.4 is 16.8 Å². The van der Waals surface area contributed by atoms with Gasteiger partial charge >= 0.3 is 0 Å². The number of nitrogens with one attached hydrogen (secondary N) is 1. The van der Waals surface area contributed by atoms with E-state index in [-0.39, 0.29) is 0 Å². The maximum absolute atomic E-state index is 10.2. The number of allylic oxidation sites excluding steroid dienone is 4. The lowest BCUT2D eigenvalue weighted by atomic mass is 9.76. The Bertz CT molecular complexity index is 1650. The number of nitrogens with two attached hydrogens (primary N) is 2. The Morgan fingerprint density at radius 1 is 0.675 bits per heavy atom. The van der Waals surface area contributed by atoms with E-state index in [1.54, 1.807) is 0 Å². The van der Waals surface area contributed by atoms with Gasteiger partial charge in [-0.05, 0) is 114 Å². The monoisotopic (exact) mass is 521 g/mol. The van der Waals surface area contributed by atoms with Gasteiger partial charge < -0.3 is 16.8 Å². The molecule has 196 valence electrons. The van der Waals surface area contributed by atoms with Crippen LogP contribution in [0.25, 0.3) is 22.3 Å². The van der Waals surface area contributed by atoms with Gasteiger partial charge in [0.15, 0.2) is 0 Å². The van der Waals surface area contributed by atoms with E-state index in [1.165, 1.54) is 0 Å². The second-order valence-electron chi connectivity index (χ2n) is 10.4. The van der Waals surface area contributed by atoms with Gasteiger partial charge in [-0.3, -0.25) is 4.99 Å². The molecule has 1 atom stereocenters. The first-order chi connectivity index (χ1) is 19.6. The fourth-order valence-electron chi connectivity index (χ4n) is 5.55. The third-order valence-electron chi connectivity index (χ3n) is 7.76. The molecule has 5 heteroatoms. The van der Waals surface area contributed by atoms with Crippen LogP contribution in [-0.4, -0.2) is 5.71 Å². The van der Waals surface area contributed by atoms with Gasteiger partial charge in [-0.2, -0.15) is 5.26 Å². The van der Waals surface area contributed by atoms with Crippen molar-refractivity contribution >= 4 is 28.5 Å². The van der Waals surface area contributed by atoms with E-state index in [1.807, 2.05) is 60.7 Å². The molecule has 6 rings (SSSR count). The summed E-state index contributed by atoms with van der Waals surface area (Å²) >= 11 is 0. The zero-order chi connectivity index (χ0) is 27.5. The molecule has 5 N–H and O–H groups in total. The largest absolute Gasteiger partial charge is 0.399 e. The molecule has 0 bridgehead atoms. The molecule has 0 saturated heterocycles. The Labute approximate surface area is 235 Å². The fourth-order valence-corrected chi connectivity index (χ4v) is 5.55. The van der Waals surface area contributed by atoms with Crippen LogP contribution >= 0.6 is 0 Å². The summed E-state index contributed by atoms with van der Waals surface area (Å²) in [6, 6.07) is 34.8. The molecule has 0 aromatic heterocycles. The van der Waals surface area contributed by atoms with Gasteiger partial charge in [0.1, 0.15) is 6.07 Å². The predicted octanol–water partition coefficient (Wildman–Crippen LogP) is 8.28. The summed E-state index contributed by atoms with van der Waals surface area (Å²) < 4.78 is 0. The number of benzene rings is 4. The number of fused-ring (bicyclic) bond motifs is 1. The van der Waals surface area contributed by atoms with Crippen molar-refractivity contribution in [2.75, 3.05) is 16.8 Å². The molecule has 2 aliphatic carbocycles. The van der Waals surface area contributed by atoms with Crippen molar-refractivity contribution < 1.29 is 0 Å². The molecule has 0 heterocycles. The zero-order valence-electron chi connectivity index (χ0n) is 22.3. The lowest BCUT2D eigenvalue weighted by Gasteiger charge is -2.30. The highest BCUT2D eigenvalue weighted by molar-refractivity contribution is 6.06. The van der Waals surface area contributed by atoms with Crippen molar-refractivity contribution in [1.29, 1.82) is 5.26 Å². The number of aliphatic imine (C=N–C) groups is 1. The van der Waals surface area contributed by atoms with E-state index in [0.29, 0.717) is 5.92 Å². The number of rotatable bonds is 5. The number of nitrogen functional groups attached to an aromatic ring is 2. The summed E-state index contributed by atoms with van der Waals surface area (Å²) in [4.78, 5) is 4.92. The number of hydrogen-bond donors (Lipinski definition) is 3. The second kappa shape index (κ2) is 11.0. The molecular formula is C35H31N5. The van der Waals surface area contributed by atoms with Crippen LogP contribution in [0.2, 0.25) is 0 Å². The van der Waals surface area contributed by atoms with Crippen molar-refractivity contribution in [3.63, 3.8) is 0 Å². The molecule has 4 aromatic carbocycles. The average Bonchev–Trinajstić information content (AvgIpc) is 2.99. The van der Waals surface area contributed by atoms with Crippen molar-refractivity contribution in [3.05, 3.63) is 120 Å². The summed E-state index contributed by atoms with van der Waals surface area (Å²) in [6.07, 6.45) is 6.01. The first kappa shape index (κ1) is 25.2. The topological polar surface area (TPSA) is 100 Å². The van der Waals surface area contributed by atoms with Crippen LogP contribution in [0.4, 0.5) is 22.7 Å². The van der Waals surface area contributed by atoms with E-state index in [9.17, 15) is 5.26 Å². The first-order valence-electron chi connectivity index (χ1n) is 13.7. The summed E-state index contributed by atoms with van der Waals surface area (Å²) in [7, 11) is 0. The van der Waals surface area contributed by atoms with Gasteiger partial charge in [0.25, 0.3) is 0 Å². The molecule has 2 aliphatic rings. The maximum Gasteiger partial charge on any atom is 0.101 e. The molecule has 4 aromatic rings. The summed E-state index contributed by atoms with van der Waals surface area (Å²) in [5.74, 6) is 0.403. The van der Waals surface area contributed by atoms with Crippen molar-refractivity contribution in [2.24, 2.45) is 10.9 Å². The quantitative estimate of drug-likeness (QED) is 0.230. The van der Waals surface area contributed by atoms with E-state index < -0.39 is 0 Å². The summed E-state index contributed by atoms with van der Waals surface area (Å²) in [5, 5.41) is 13.8. The first-order valence-corrected chi connectivity index (χ1v) is 13.7. The van der Waals surface area contributed by atoms with Gasteiger partial charge in [0.2, 0.25) is 0 Å². The van der Waals surface area contributed by atoms with Crippen molar-refractivity contribution in [2.45, 2.75) is 25.7 Å². The van der Waals surface area contributed by atoms with Crippen LogP contribution in [0.15, 0.2) is 125 Å². The molecule has 0 radical (unpaired) electrons. The molecule has 0 amide bonds. The van der Waals surface area contributed by atoms with E-state index in [2.05, 4.69) is 53.9 Å². The highest BCUT2D eigenvalue weighted by Gasteiger charge is 2.29. The van der Waals surface area contributed by atoms with Gasteiger partial charge in [-0.1, -0.05) is 48.5 Å². The standard InChI is InChI=1S/C35H31N5/c36-22-34-33-21-32(39-30-15-5-25(6-16-30)23-1-11-28(37)12-2-23)19-9-27(33)10-20-35(34)40-31-17-7-26(8-18-31)24-3-13-29(38)14-4-24/h1-8,11-18,21,27,39H,9-10,19-20,37-38H2/b40-35+. The van der Waals surface area contributed by atoms with E-state index in [0.717, 1.165) is 93.2 Å². The molecule has 5 nitrogen and oxygen atoms in total. The van der Waals surface area contributed by atoms with Crippen LogP contribution in [0.1, 0.15) is 25.7 Å². The minimum Gasteiger partial charge on any atom is -0.399 e. The van der Waals surface area contributed by atoms with Crippen molar-refractivity contribution in [3.8, 4) is 28.3 Å². The number of nitriles is 1. The molecule has 1 unspecified atom stereocenters. The van der Waals surface area contributed by atoms with Gasteiger partial charge in [-0.15, -0.1) is 0 Å². The van der Waals surface area contributed by atoms with E-state index >= 15 is 0 Å². The Morgan fingerprint density at radius 2 is 1.18 bits per heavy atom. The summed E-state index contributed by atoms with van der Waals surface area (Å²) in [6.45, 7) is 0. The smallest absolute Gasteiger partial charge is 0.101 e. The van der Waals surface area contributed by atoms with Gasteiger partial charge in [-0.25, -0.2) is 0 Å².